The largest absolute Gasteiger partial charge is 0.202 e. The van der Waals surface area contributed by atoms with Crippen molar-refractivity contribution in [3.05, 3.63) is 30.1 Å². The third-order valence-corrected chi connectivity index (χ3v) is 2.32. The summed E-state index contributed by atoms with van der Waals surface area (Å²) in [4.78, 5) is 0. The fourth-order valence-electron chi connectivity index (χ4n) is 1.55. The molecule has 0 bridgehead atoms. The van der Waals surface area contributed by atoms with Gasteiger partial charge in [-0.3, -0.25) is 0 Å². The van der Waals surface area contributed by atoms with Crippen LogP contribution in [0.25, 0.3) is 0 Å². The van der Waals surface area contributed by atoms with E-state index in [4.69, 9.17) is 0 Å². The number of unbranched alkanes of at least 4 members (excludes halogenated alkanes) is 1. The summed E-state index contributed by atoms with van der Waals surface area (Å²) in [6.07, 6.45) is 4.72. The Hall–Kier alpha value is -0.850. The van der Waals surface area contributed by atoms with E-state index in [-0.39, 0.29) is 0 Å². The number of hydrogen-bond donors (Lipinski definition) is 0. The van der Waals surface area contributed by atoms with Crippen LogP contribution >= 0.6 is 0 Å². The molecule has 1 aromatic rings. The molecule has 72 valence electrons. The van der Waals surface area contributed by atoms with Crippen LogP contribution in [-0.4, -0.2) is 0 Å². The molecule has 0 saturated heterocycles. The van der Waals surface area contributed by atoms with Crippen molar-refractivity contribution in [1.29, 1.82) is 0 Å². The molecule has 0 aliphatic rings. The van der Waals surface area contributed by atoms with Gasteiger partial charge in [-0.25, -0.2) is 4.57 Å². The molecule has 1 aromatic heterocycles. The molecule has 0 unspecified atom stereocenters. The van der Waals surface area contributed by atoms with Crippen molar-refractivity contribution in [2.45, 2.75) is 46.1 Å². The van der Waals surface area contributed by atoms with Crippen LogP contribution in [0.1, 0.15) is 45.2 Å². The zero-order valence-electron chi connectivity index (χ0n) is 8.96. The Morgan fingerprint density at radius 3 is 2.69 bits per heavy atom. The van der Waals surface area contributed by atoms with Crippen LogP contribution in [0, 0.1) is 0 Å². The molecule has 0 N–H and O–H groups in total. The highest BCUT2D eigenvalue weighted by Gasteiger charge is 2.11. The zero-order valence-corrected chi connectivity index (χ0v) is 8.96. The maximum Gasteiger partial charge on any atom is 0.183 e. The van der Waals surface area contributed by atoms with Crippen LogP contribution in [0.4, 0.5) is 0 Å². The first kappa shape index (κ1) is 10.2. The van der Waals surface area contributed by atoms with Crippen LogP contribution in [0.5, 0.6) is 0 Å². The van der Waals surface area contributed by atoms with Crippen LogP contribution in [-0.2, 0) is 6.54 Å². The van der Waals surface area contributed by atoms with Crippen molar-refractivity contribution in [2.24, 2.45) is 0 Å². The Balaban J connectivity index is 2.78. The molecular weight excluding hydrogens is 158 g/mol. The predicted octanol–water partition coefficient (Wildman–Crippen LogP) is 2.90. The minimum Gasteiger partial charge on any atom is -0.202 e. The van der Waals surface area contributed by atoms with Crippen LogP contribution in [0.3, 0.4) is 0 Å². The third kappa shape index (κ3) is 2.83. The Kier molecular flexibility index (Phi) is 3.94. The summed E-state index contributed by atoms with van der Waals surface area (Å²) in [6, 6.07) is 6.46. The zero-order chi connectivity index (χ0) is 9.68. The second-order valence-electron chi connectivity index (χ2n) is 3.83. The molecule has 0 radical (unpaired) electrons. The summed E-state index contributed by atoms with van der Waals surface area (Å²) in [5.74, 6) is 0.623. The number of hydrogen-bond acceptors (Lipinski definition) is 0. The van der Waals surface area contributed by atoms with Crippen molar-refractivity contribution in [1.82, 2.24) is 0 Å². The molecule has 1 rings (SSSR count). The van der Waals surface area contributed by atoms with Crippen molar-refractivity contribution < 1.29 is 4.57 Å². The highest BCUT2D eigenvalue weighted by Crippen LogP contribution is 2.08. The molecule has 1 heteroatoms. The van der Waals surface area contributed by atoms with E-state index in [0.29, 0.717) is 5.92 Å². The van der Waals surface area contributed by atoms with E-state index in [0.717, 1.165) is 6.54 Å². The summed E-state index contributed by atoms with van der Waals surface area (Å²) in [5, 5.41) is 0. The summed E-state index contributed by atoms with van der Waals surface area (Å²) >= 11 is 0. The second kappa shape index (κ2) is 5.00. The highest BCUT2D eigenvalue weighted by atomic mass is 15.0. The lowest BCUT2D eigenvalue weighted by Crippen LogP contribution is -2.38. The highest BCUT2D eigenvalue weighted by molar-refractivity contribution is 5.01. The molecule has 0 aliphatic carbocycles. The SMILES string of the molecule is CCCC[n+]1ccccc1C(C)C. The standard InChI is InChI=1S/C12H20N/c1-4-5-9-13-10-7-6-8-12(13)11(2)3/h6-8,10-11H,4-5,9H2,1-3H3/q+1. The predicted molar refractivity (Wildman–Crippen MR) is 55.6 cm³/mol. The minimum absolute atomic E-state index is 0.623. The van der Waals surface area contributed by atoms with Gasteiger partial charge in [0.1, 0.15) is 6.54 Å². The Morgan fingerprint density at radius 1 is 1.31 bits per heavy atom. The molecule has 1 heterocycles. The van der Waals surface area contributed by atoms with Gasteiger partial charge in [0.05, 0.1) is 0 Å². The maximum atomic E-state index is 2.37. The molecule has 0 aliphatic heterocycles. The normalized spacial score (nSPS) is 10.8. The lowest BCUT2D eigenvalue weighted by Gasteiger charge is -2.05. The van der Waals surface area contributed by atoms with Crippen molar-refractivity contribution in [2.75, 3.05) is 0 Å². The van der Waals surface area contributed by atoms with Gasteiger partial charge in [-0.15, -0.1) is 0 Å². The van der Waals surface area contributed by atoms with E-state index < -0.39 is 0 Å². The molecule has 0 atom stereocenters. The molecule has 1 nitrogen and oxygen atoms in total. The fraction of sp³-hybridized carbons (Fsp3) is 0.583. The maximum absolute atomic E-state index is 2.37. The van der Waals surface area contributed by atoms with Gasteiger partial charge in [0, 0.05) is 24.5 Å². The van der Waals surface area contributed by atoms with Crippen LogP contribution in [0.15, 0.2) is 24.4 Å². The number of aromatic nitrogens is 1. The van der Waals surface area contributed by atoms with Gasteiger partial charge < -0.3 is 0 Å². The van der Waals surface area contributed by atoms with Gasteiger partial charge >= 0.3 is 0 Å². The number of aryl methyl sites for hydroxylation is 1. The molecule has 13 heavy (non-hydrogen) atoms. The Bertz CT molecular complexity index is 253. The summed E-state index contributed by atoms with van der Waals surface area (Å²) in [6.45, 7) is 7.89. The topological polar surface area (TPSA) is 3.88 Å². The van der Waals surface area contributed by atoms with Crippen LogP contribution in [0.2, 0.25) is 0 Å². The number of rotatable bonds is 4. The summed E-state index contributed by atoms with van der Waals surface area (Å²) in [7, 11) is 0. The smallest absolute Gasteiger partial charge is 0.183 e. The van der Waals surface area contributed by atoms with Crippen molar-refractivity contribution in [3.63, 3.8) is 0 Å². The van der Waals surface area contributed by atoms with Crippen molar-refractivity contribution >= 4 is 0 Å². The Morgan fingerprint density at radius 2 is 2.08 bits per heavy atom. The van der Waals surface area contributed by atoms with E-state index >= 15 is 0 Å². The summed E-state index contributed by atoms with van der Waals surface area (Å²) < 4.78 is 2.37. The van der Waals surface area contributed by atoms with Crippen LogP contribution < -0.4 is 4.57 Å². The molecule has 0 aromatic carbocycles. The first-order valence-corrected chi connectivity index (χ1v) is 5.24. The minimum atomic E-state index is 0.623. The van der Waals surface area contributed by atoms with Gasteiger partial charge in [0.2, 0.25) is 0 Å². The van der Waals surface area contributed by atoms with E-state index in [9.17, 15) is 0 Å². The average Bonchev–Trinajstić information content (AvgIpc) is 2.15. The van der Waals surface area contributed by atoms with E-state index in [1.807, 2.05) is 0 Å². The lowest BCUT2D eigenvalue weighted by atomic mass is 10.1. The molecule has 0 fully saturated rings. The molecule has 0 saturated carbocycles. The monoisotopic (exact) mass is 178 g/mol. The van der Waals surface area contributed by atoms with Gasteiger partial charge in [0.15, 0.2) is 11.9 Å². The third-order valence-electron chi connectivity index (χ3n) is 2.32. The number of nitrogens with zero attached hydrogens (tertiary/aromatic N) is 1. The molecule has 0 amide bonds. The van der Waals surface area contributed by atoms with E-state index in [2.05, 4.69) is 49.7 Å². The lowest BCUT2D eigenvalue weighted by molar-refractivity contribution is -0.705. The van der Waals surface area contributed by atoms with Crippen molar-refractivity contribution in [3.8, 4) is 0 Å². The Labute approximate surface area is 81.4 Å². The van der Waals surface area contributed by atoms with Gasteiger partial charge in [-0.05, 0) is 0 Å². The number of pyridine rings is 1. The van der Waals surface area contributed by atoms with E-state index in [1.54, 1.807) is 0 Å². The second-order valence-corrected chi connectivity index (χ2v) is 3.83. The summed E-state index contributed by atoms with van der Waals surface area (Å²) in [5.41, 5.74) is 1.44. The van der Waals surface area contributed by atoms with E-state index in [1.165, 1.54) is 18.5 Å². The average molecular weight is 178 g/mol. The quantitative estimate of drug-likeness (QED) is 0.624. The first-order chi connectivity index (χ1) is 6.25. The molecule has 0 spiro atoms. The first-order valence-electron chi connectivity index (χ1n) is 5.24. The van der Waals surface area contributed by atoms with Gasteiger partial charge in [-0.2, -0.15) is 0 Å². The fourth-order valence-corrected chi connectivity index (χ4v) is 1.55. The van der Waals surface area contributed by atoms with Gasteiger partial charge in [-0.1, -0.05) is 33.3 Å². The van der Waals surface area contributed by atoms with Gasteiger partial charge in [0.25, 0.3) is 0 Å². The molecular formula is C12H20N+.